The van der Waals surface area contributed by atoms with Gasteiger partial charge in [-0.2, -0.15) is 0 Å². The molecule has 4 atom stereocenters. The molecule has 1 aromatic carbocycles. The number of rotatable bonds is 10. The third-order valence-corrected chi connectivity index (χ3v) is 11.2. The van der Waals surface area contributed by atoms with Gasteiger partial charge in [-0.25, -0.2) is 0 Å². The van der Waals surface area contributed by atoms with E-state index in [1.165, 1.54) is 7.11 Å². The van der Waals surface area contributed by atoms with Gasteiger partial charge >= 0.3 is 5.97 Å². The summed E-state index contributed by atoms with van der Waals surface area (Å²) in [5.74, 6) is 0.516. The Bertz CT molecular complexity index is 770. The van der Waals surface area contributed by atoms with Crippen molar-refractivity contribution in [1.82, 2.24) is 0 Å². The Morgan fingerprint density at radius 2 is 1.88 bits per heavy atom. The summed E-state index contributed by atoms with van der Waals surface area (Å²) in [7, 11) is 0.988. The summed E-state index contributed by atoms with van der Waals surface area (Å²) in [5, 5.41) is 0.0430. The highest BCUT2D eigenvalue weighted by Crippen LogP contribution is 2.43. The van der Waals surface area contributed by atoms with Crippen LogP contribution in [0.4, 0.5) is 0 Å². The molecule has 0 saturated carbocycles. The largest absolute Gasteiger partial charge is 0.497 e. The summed E-state index contributed by atoms with van der Waals surface area (Å²) in [6, 6.07) is 7.66. The average Bonchev–Trinajstić information content (AvgIpc) is 3.07. The molecule has 1 fully saturated rings. The van der Waals surface area contributed by atoms with E-state index in [9.17, 15) is 4.79 Å². The van der Waals surface area contributed by atoms with Crippen molar-refractivity contribution >= 4 is 14.3 Å². The van der Waals surface area contributed by atoms with Crippen LogP contribution in [-0.4, -0.2) is 46.3 Å². The van der Waals surface area contributed by atoms with Gasteiger partial charge in [0.1, 0.15) is 11.9 Å². The summed E-state index contributed by atoms with van der Waals surface area (Å²) in [6.07, 6.45) is 2.31. The number of carbonyl (C=O) groups excluding carboxylic acids is 1. The topological polar surface area (TPSA) is 63.2 Å². The Morgan fingerprint density at radius 1 is 1.25 bits per heavy atom. The van der Waals surface area contributed by atoms with Crippen LogP contribution >= 0.6 is 0 Å². The Morgan fingerprint density at radius 3 is 2.38 bits per heavy atom. The molecule has 0 spiro atoms. The van der Waals surface area contributed by atoms with E-state index < -0.39 is 20.2 Å². The molecule has 0 radical (unpaired) electrons. The van der Waals surface area contributed by atoms with Crippen molar-refractivity contribution < 1.29 is 28.2 Å². The van der Waals surface area contributed by atoms with Crippen LogP contribution in [0, 0.1) is 0 Å². The Kier molecular flexibility index (Phi) is 8.73. The lowest BCUT2D eigenvalue weighted by atomic mass is 9.91. The maximum Gasteiger partial charge on any atom is 0.308 e. The molecular formula is C25H40O6Si. The quantitative estimate of drug-likeness (QED) is 0.248. The number of carbonyl (C=O) groups is 1. The molecule has 1 unspecified atom stereocenters. The average molecular weight is 465 g/mol. The monoisotopic (exact) mass is 464 g/mol. The molecule has 6 nitrogen and oxygen atoms in total. The lowest BCUT2D eigenvalue weighted by Crippen LogP contribution is -2.45. The fourth-order valence-electron chi connectivity index (χ4n) is 3.54. The van der Waals surface area contributed by atoms with Gasteiger partial charge in [-0.1, -0.05) is 39.0 Å². The molecule has 1 aliphatic heterocycles. The molecule has 180 valence electrons. The molecule has 32 heavy (non-hydrogen) atoms. The standard InChI is InChI=1S/C25H40O6Si/c1-10-21-25(5,30-23(29-21)18-11-13-19(27-6)14-12-18)16-15-20(17-22(26)28-7)31-32(8,9)24(2,3)4/h10-14,20-21,23H,1,15-17H2,2-9H3/t20-,21+,23?,25-/m1/s1. The molecule has 0 aromatic heterocycles. The predicted molar refractivity (Wildman–Crippen MR) is 128 cm³/mol. The van der Waals surface area contributed by atoms with Crippen LogP contribution in [0.25, 0.3) is 0 Å². The van der Waals surface area contributed by atoms with E-state index in [1.54, 1.807) is 13.2 Å². The maximum atomic E-state index is 12.1. The zero-order valence-electron chi connectivity index (χ0n) is 20.9. The minimum absolute atomic E-state index is 0.0430. The first-order chi connectivity index (χ1) is 14.8. The predicted octanol–water partition coefficient (Wildman–Crippen LogP) is 5.79. The van der Waals surface area contributed by atoms with Crippen LogP contribution in [0.3, 0.4) is 0 Å². The van der Waals surface area contributed by atoms with Crippen molar-refractivity contribution in [1.29, 1.82) is 0 Å². The maximum absolute atomic E-state index is 12.1. The van der Waals surface area contributed by atoms with Gasteiger partial charge in [0.05, 0.1) is 32.3 Å². The Balaban J connectivity index is 2.14. The van der Waals surface area contributed by atoms with Gasteiger partial charge in [-0.05, 0) is 50.0 Å². The second-order valence-electron chi connectivity index (χ2n) is 10.1. The molecule has 1 aromatic rings. The van der Waals surface area contributed by atoms with Crippen LogP contribution in [0.2, 0.25) is 18.1 Å². The van der Waals surface area contributed by atoms with Gasteiger partial charge in [0.15, 0.2) is 14.6 Å². The van der Waals surface area contributed by atoms with Crippen LogP contribution in [0.1, 0.15) is 58.8 Å². The molecule has 0 amide bonds. The number of ether oxygens (including phenoxy) is 4. The van der Waals surface area contributed by atoms with Gasteiger partial charge in [0.2, 0.25) is 0 Å². The van der Waals surface area contributed by atoms with Crippen molar-refractivity contribution in [3.8, 4) is 5.75 Å². The molecule has 0 aliphatic carbocycles. The number of methoxy groups -OCH3 is 2. The van der Waals surface area contributed by atoms with E-state index in [-0.39, 0.29) is 29.6 Å². The van der Waals surface area contributed by atoms with Crippen LogP contribution < -0.4 is 4.74 Å². The third kappa shape index (κ3) is 6.44. The Labute approximate surface area is 194 Å². The minimum Gasteiger partial charge on any atom is -0.497 e. The van der Waals surface area contributed by atoms with Crippen molar-refractivity contribution in [3.63, 3.8) is 0 Å². The van der Waals surface area contributed by atoms with Gasteiger partial charge in [-0.3, -0.25) is 4.79 Å². The van der Waals surface area contributed by atoms with Crippen molar-refractivity contribution in [2.24, 2.45) is 0 Å². The zero-order chi connectivity index (χ0) is 24.2. The lowest BCUT2D eigenvalue weighted by Gasteiger charge is -2.40. The summed E-state index contributed by atoms with van der Waals surface area (Å²) >= 11 is 0. The van der Waals surface area contributed by atoms with E-state index in [0.717, 1.165) is 11.3 Å². The van der Waals surface area contributed by atoms with Gasteiger partial charge in [0.25, 0.3) is 0 Å². The van der Waals surface area contributed by atoms with Crippen LogP contribution in [-0.2, 0) is 23.4 Å². The normalized spacial score (nSPS) is 24.8. The molecule has 1 aliphatic rings. The van der Waals surface area contributed by atoms with E-state index in [4.69, 9.17) is 23.4 Å². The number of esters is 1. The highest BCUT2D eigenvalue weighted by atomic mass is 28.4. The Hall–Kier alpha value is -1.67. The fraction of sp³-hybridized carbons (Fsp3) is 0.640. The lowest BCUT2D eigenvalue weighted by molar-refractivity contribution is -0.143. The van der Waals surface area contributed by atoms with Gasteiger partial charge < -0.3 is 23.4 Å². The summed E-state index contributed by atoms with van der Waals surface area (Å²) in [4.78, 5) is 12.1. The number of hydrogen-bond donors (Lipinski definition) is 0. The minimum atomic E-state index is -2.06. The van der Waals surface area contributed by atoms with Crippen LogP contribution in [0.15, 0.2) is 36.9 Å². The second-order valence-corrected chi connectivity index (χ2v) is 14.9. The fourth-order valence-corrected chi connectivity index (χ4v) is 4.93. The molecule has 0 bridgehead atoms. The van der Waals surface area contributed by atoms with E-state index in [2.05, 4.69) is 40.4 Å². The van der Waals surface area contributed by atoms with Crippen molar-refractivity contribution in [3.05, 3.63) is 42.5 Å². The molecule has 1 saturated heterocycles. The second kappa shape index (κ2) is 10.5. The SMILES string of the molecule is C=C[C@@H]1OC(c2ccc(OC)cc2)O[C@]1(C)CC[C@H](CC(=O)OC)O[Si](C)(C)C(C)(C)C. The first-order valence-corrected chi connectivity index (χ1v) is 14.1. The first kappa shape index (κ1) is 26.6. The first-order valence-electron chi connectivity index (χ1n) is 11.2. The molecule has 7 heteroatoms. The van der Waals surface area contributed by atoms with Gasteiger partial charge in [-0.15, -0.1) is 6.58 Å². The zero-order valence-corrected chi connectivity index (χ0v) is 21.9. The molecular weight excluding hydrogens is 424 g/mol. The summed E-state index contributed by atoms with van der Waals surface area (Å²) in [6.45, 7) is 16.9. The van der Waals surface area contributed by atoms with E-state index >= 15 is 0 Å². The van der Waals surface area contributed by atoms with E-state index in [1.807, 2.05) is 31.2 Å². The highest BCUT2D eigenvalue weighted by Gasteiger charge is 2.46. The summed E-state index contributed by atoms with van der Waals surface area (Å²) in [5.41, 5.74) is 0.335. The highest BCUT2D eigenvalue weighted by molar-refractivity contribution is 6.74. The summed E-state index contributed by atoms with van der Waals surface area (Å²) < 4.78 is 29.3. The van der Waals surface area contributed by atoms with Crippen molar-refractivity contribution in [2.45, 2.75) is 89.2 Å². The third-order valence-electron chi connectivity index (χ3n) is 6.70. The molecule has 1 heterocycles. The number of benzene rings is 1. The van der Waals surface area contributed by atoms with Crippen LogP contribution in [0.5, 0.6) is 5.75 Å². The van der Waals surface area contributed by atoms with Gasteiger partial charge in [0, 0.05) is 5.56 Å². The van der Waals surface area contributed by atoms with Crippen molar-refractivity contribution in [2.75, 3.05) is 14.2 Å². The smallest absolute Gasteiger partial charge is 0.308 e. The number of hydrogen-bond acceptors (Lipinski definition) is 6. The molecule has 2 rings (SSSR count). The molecule has 0 N–H and O–H groups in total. The van der Waals surface area contributed by atoms with E-state index in [0.29, 0.717) is 12.8 Å².